The molecule has 106 valence electrons. The fourth-order valence-electron chi connectivity index (χ4n) is 3.23. The zero-order valence-electron chi connectivity index (χ0n) is 11.9. The van der Waals surface area contributed by atoms with E-state index < -0.39 is 0 Å². The Kier molecular flexibility index (Phi) is 5.23. The molecule has 1 aromatic carbocycles. The number of hydrogen-bond donors (Lipinski definition) is 2. The molecule has 0 aliphatic carbocycles. The van der Waals surface area contributed by atoms with Crippen molar-refractivity contribution in [2.45, 2.75) is 38.6 Å². The summed E-state index contributed by atoms with van der Waals surface area (Å²) in [6.45, 7) is 5.25. The first-order valence-corrected chi connectivity index (χ1v) is 7.48. The number of nitrogens with zero attached hydrogens (tertiary/aromatic N) is 1. The van der Waals surface area contributed by atoms with Crippen LogP contribution in [0.2, 0.25) is 0 Å². The van der Waals surface area contributed by atoms with Gasteiger partial charge in [0, 0.05) is 11.6 Å². The van der Waals surface area contributed by atoms with Crippen LogP contribution in [0.4, 0.5) is 0 Å². The maximum Gasteiger partial charge on any atom is 0.120 e. The van der Waals surface area contributed by atoms with Gasteiger partial charge >= 0.3 is 0 Å². The second kappa shape index (κ2) is 6.92. The summed E-state index contributed by atoms with van der Waals surface area (Å²) >= 11 is 0. The molecule has 0 radical (unpaired) electrons. The molecule has 3 nitrogen and oxygen atoms in total. The average molecular weight is 262 g/mol. The van der Waals surface area contributed by atoms with E-state index in [0.29, 0.717) is 11.8 Å². The van der Waals surface area contributed by atoms with Gasteiger partial charge in [-0.1, -0.05) is 25.1 Å². The molecule has 0 aromatic heterocycles. The van der Waals surface area contributed by atoms with Crippen molar-refractivity contribution in [1.29, 1.82) is 0 Å². The van der Waals surface area contributed by atoms with Gasteiger partial charge in [-0.2, -0.15) is 0 Å². The van der Waals surface area contributed by atoms with E-state index >= 15 is 0 Å². The Morgan fingerprint density at radius 1 is 1.32 bits per heavy atom. The summed E-state index contributed by atoms with van der Waals surface area (Å²) in [5.41, 5.74) is 6.72. The van der Waals surface area contributed by atoms with Crippen molar-refractivity contribution in [3.8, 4) is 5.75 Å². The number of piperidine rings is 1. The van der Waals surface area contributed by atoms with Crippen LogP contribution in [-0.4, -0.2) is 29.6 Å². The number of phenols is 1. The number of hydrogen-bond acceptors (Lipinski definition) is 3. The topological polar surface area (TPSA) is 49.5 Å². The number of benzene rings is 1. The van der Waals surface area contributed by atoms with Crippen LogP contribution < -0.4 is 5.73 Å². The molecule has 0 spiro atoms. The normalized spacial score (nSPS) is 19.5. The third-order valence-electron chi connectivity index (χ3n) is 4.35. The Morgan fingerprint density at radius 2 is 2.00 bits per heavy atom. The molecule has 1 saturated heterocycles. The predicted molar refractivity (Wildman–Crippen MR) is 79.1 cm³/mol. The number of likely N-dealkylation sites (tertiary alicyclic amines) is 1. The molecule has 1 unspecified atom stereocenters. The molecular weight excluding hydrogens is 236 g/mol. The fraction of sp³-hybridized carbons (Fsp3) is 0.625. The zero-order valence-corrected chi connectivity index (χ0v) is 11.9. The van der Waals surface area contributed by atoms with Crippen molar-refractivity contribution in [2.75, 3.05) is 19.6 Å². The van der Waals surface area contributed by atoms with E-state index in [9.17, 15) is 5.11 Å². The Morgan fingerprint density at radius 3 is 2.58 bits per heavy atom. The van der Waals surface area contributed by atoms with Crippen molar-refractivity contribution < 1.29 is 5.11 Å². The minimum Gasteiger partial charge on any atom is -0.508 e. The average Bonchev–Trinajstić information content (AvgIpc) is 2.44. The SMILES string of the molecule is CCC(c1ccccc1O)N1CCC(CCN)CC1. The van der Waals surface area contributed by atoms with Gasteiger partial charge in [-0.3, -0.25) is 4.90 Å². The molecule has 19 heavy (non-hydrogen) atoms. The van der Waals surface area contributed by atoms with Gasteiger partial charge < -0.3 is 10.8 Å². The van der Waals surface area contributed by atoms with Gasteiger partial charge in [-0.05, 0) is 57.3 Å². The number of rotatable bonds is 5. The predicted octanol–water partition coefficient (Wildman–Crippen LogP) is 2.90. The molecule has 0 bridgehead atoms. The van der Waals surface area contributed by atoms with Crippen molar-refractivity contribution in [2.24, 2.45) is 11.7 Å². The molecule has 2 rings (SSSR count). The van der Waals surface area contributed by atoms with Crippen LogP contribution in [0, 0.1) is 5.92 Å². The van der Waals surface area contributed by atoms with E-state index in [0.717, 1.165) is 44.0 Å². The second-order valence-electron chi connectivity index (χ2n) is 5.54. The first kappa shape index (κ1) is 14.4. The molecule has 0 saturated carbocycles. The third kappa shape index (κ3) is 3.48. The lowest BCUT2D eigenvalue weighted by Crippen LogP contribution is -2.37. The first-order chi connectivity index (χ1) is 9.26. The summed E-state index contributed by atoms with van der Waals surface area (Å²) in [4.78, 5) is 2.52. The Balaban J connectivity index is 2.02. The van der Waals surface area contributed by atoms with Crippen LogP contribution in [0.3, 0.4) is 0 Å². The quantitative estimate of drug-likeness (QED) is 0.858. The minimum atomic E-state index is 0.347. The third-order valence-corrected chi connectivity index (χ3v) is 4.35. The van der Waals surface area contributed by atoms with Gasteiger partial charge in [0.25, 0.3) is 0 Å². The lowest BCUT2D eigenvalue weighted by atomic mass is 9.91. The van der Waals surface area contributed by atoms with Crippen LogP contribution in [0.1, 0.15) is 44.2 Å². The summed E-state index contributed by atoms with van der Waals surface area (Å²) in [6, 6.07) is 8.09. The molecular formula is C16H26N2O. The molecule has 1 fully saturated rings. The first-order valence-electron chi connectivity index (χ1n) is 7.48. The zero-order chi connectivity index (χ0) is 13.7. The largest absolute Gasteiger partial charge is 0.508 e. The van der Waals surface area contributed by atoms with Crippen LogP contribution in [0.25, 0.3) is 0 Å². The summed E-state index contributed by atoms with van der Waals surface area (Å²) < 4.78 is 0. The monoisotopic (exact) mass is 262 g/mol. The van der Waals surface area contributed by atoms with Gasteiger partial charge in [0.2, 0.25) is 0 Å². The second-order valence-corrected chi connectivity index (χ2v) is 5.54. The van der Waals surface area contributed by atoms with E-state index in [1.807, 2.05) is 12.1 Å². The number of phenolic OH excluding ortho intramolecular Hbond substituents is 1. The minimum absolute atomic E-state index is 0.347. The van der Waals surface area contributed by atoms with Crippen molar-refractivity contribution in [3.05, 3.63) is 29.8 Å². The van der Waals surface area contributed by atoms with Crippen LogP contribution in [-0.2, 0) is 0 Å². The molecule has 1 aromatic rings. The highest BCUT2D eigenvalue weighted by atomic mass is 16.3. The van der Waals surface area contributed by atoms with E-state index in [4.69, 9.17) is 5.73 Å². The van der Waals surface area contributed by atoms with Gasteiger partial charge in [0.15, 0.2) is 0 Å². The van der Waals surface area contributed by atoms with Crippen molar-refractivity contribution in [1.82, 2.24) is 4.90 Å². The van der Waals surface area contributed by atoms with Gasteiger partial charge in [0.1, 0.15) is 5.75 Å². The lowest BCUT2D eigenvalue weighted by Gasteiger charge is -2.37. The van der Waals surface area contributed by atoms with Gasteiger partial charge in [0.05, 0.1) is 0 Å². The maximum atomic E-state index is 10.0. The van der Waals surface area contributed by atoms with Gasteiger partial charge in [-0.25, -0.2) is 0 Å². The molecule has 3 heteroatoms. The van der Waals surface area contributed by atoms with Crippen LogP contribution >= 0.6 is 0 Å². The van der Waals surface area contributed by atoms with Crippen LogP contribution in [0.5, 0.6) is 5.75 Å². The van der Waals surface area contributed by atoms with E-state index in [1.165, 1.54) is 12.8 Å². The number of aromatic hydroxyl groups is 1. The van der Waals surface area contributed by atoms with Crippen molar-refractivity contribution >= 4 is 0 Å². The van der Waals surface area contributed by atoms with Crippen molar-refractivity contribution in [3.63, 3.8) is 0 Å². The number of nitrogens with two attached hydrogens (primary N) is 1. The standard InChI is InChI=1S/C16H26N2O/c1-2-15(14-5-3-4-6-16(14)19)18-11-8-13(7-10-17)9-12-18/h3-6,13,15,19H,2,7-12,17H2,1H3. The molecule has 1 aliphatic heterocycles. The summed E-state index contributed by atoms with van der Waals surface area (Å²) in [7, 11) is 0. The molecule has 0 amide bonds. The van der Waals surface area contributed by atoms with Gasteiger partial charge in [-0.15, -0.1) is 0 Å². The number of para-hydroxylation sites is 1. The molecule has 3 N–H and O–H groups in total. The highest BCUT2D eigenvalue weighted by molar-refractivity contribution is 5.34. The van der Waals surface area contributed by atoms with E-state index in [-0.39, 0.29) is 0 Å². The maximum absolute atomic E-state index is 10.0. The smallest absolute Gasteiger partial charge is 0.120 e. The fourth-order valence-corrected chi connectivity index (χ4v) is 3.23. The summed E-state index contributed by atoms with van der Waals surface area (Å²) in [6.07, 6.45) is 4.67. The molecule has 1 aliphatic rings. The van der Waals surface area contributed by atoms with E-state index in [2.05, 4.69) is 17.9 Å². The highest BCUT2D eigenvalue weighted by Crippen LogP contribution is 2.34. The Hall–Kier alpha value is -1.06. The highest BCUT2D eigenvalue weighted by Gasteiger charge is 2.25. The molecule has 1 atom stereocenters. The molecule has 1 heterocycles. The lowest BCUT2D eigenvalue weighted by molar-refractivity contribution is 0.125. The Bertz CT molecular complexity index is 386. The summed E-state index contributed by atoms with van der Waals surface area (Å²) in [5, 5.41) is 10.0. The summed E-state index contributed by atoms with van der Waals surface area (Å²) in [5.74, 6) is 1.22. The van der Waals surface area contributed by atoms with E-state index in [1.54, 1.807) is 6.07 Å². The van der Waals surface area contributed by atoms with Crippen LogP contribution in [0.15, 0.2) is 24.3 Å². The Labute approximate surface area is 116 Å².